The first-order valence-corrected chi connectivity index (χ1v) is 9.99. The number of amides is 2. The highest BCUT2D eigenvalue weighted by molar-refractivity contribution is 5.89. The summed E-state index contributed by atoms with van der Waals surface area (Å²) in [5.41, 5.74) is -1.51. The Morgan fingerprint density at radius 3 is 2.46 bits per heavy atom. The SMILES string of the molecule is O=C(N[C@@H]1CN(C(=O)C2(OCc3ccccc3)CC2)C[C@H]1O)C12CC(F)(C1)C2. The first kappa shape index (κ1) is 18.1. The van der Waals surface area contributed by atoms with Gasteiger partial charge in [-0.25, -0.2) is 4.39 Å². The summed E-state index contributed by atoms with van der Waals surface area (Å²) in [4.78, 5) is 27.0. The summed E-state index contributed by atoms with van der Waals surface area (Å²) in [6.07, 6.45) is 1.38. The third-order valence-electron chi connectivity index (χ3n) is 6.79. The van der Waals surface area contributed by atoms with Crippen LogP contribution >= 0.6 is 0 Å². The second kappa shape index (κ2) is 6.00. The van der Waals surface area contributed by atoms with Crippen molar-refractivity contribution in [2.45, 2.75) is 62.1 Å². The number of hydrogen-bond acceptors (Lipinski definition) is 4. The van der Waals surface area contributed by atoms with Crippen molar-refractivity contribution in [2.75, 3.05) is 13.1 Å². The second-order valence-electron chi connectivity index (χ2n) is 9.09. The summed E-state index contributed by atoms with van der Waals surface area (Å²) < 4.78 is 19.6. The minimum absolute atomic E-state index is 0.118. The highest BCUT2D eigenvalue weighted by Crippen LogP contribution is 2.69. The molecule has 1 aromatic rings. The van der Waals surface area contributed by atoms with Crippen LogP contribution in [0.3, 0.4) is 0 Å². The van der Waals surface area contributed by atoms with Crippen LogP contribution in [0.2, 0.25) is 0 Å². The molecular weight excluding hydrogens is 363 g/mol. The number of carbonyl (C=O) groups is 2. The van der Waals surface area contributed by atoms with E-state index in [0.29, 0.717) is 19.4 Å². The number of nitrogens with one attached hydrogen (secondary N) is 1. The van der Waals surface area contributed by atoms with E-state index >= 15 is 0 Å². The topological polar surface area (TPSA) is 78.9 Å². The Kier molecular flexibility index (Phi) is 3.87. The fourth-order valence-electron chi connectivity index (χ4n) is 4.94. The van der Waals surface area contributed by atoms with Crippen molar-refractivity contribution < 1.29 is 23.8 Å². The molecule has 2 bridgehead atoms. The molecule has 5 fully saturated rings. The van der Waals surface area contributed by atoms with Gasteiger partial charge in [0.1, 0.15) is 11.3 Å². The number of nitrogens with zero attached hydrogens (tertiary/aromatic N) is 1. The van der Waals surface area contributed by atoms with E-state index in [2.05, 4.69) is 5.32 Å². The zero-order chi connectivity index (χ0) is 19.6. The monoisotopic (exact) mass is 388 g/mol. The number of rotatable bonds is 6. The molecule has 2 N–H and O–H groups in total. The molecule has 0 radical (unpaired) electrons. The Labute approximate surface area is 163 Å². The molecule has 150 valence electrons. The predicted octanol–water partition coefficient (Wildman–Crippen LogP) is 1.32. The van der Waals surface area contributed by atoms with Crippen molar-refractivity contribution in [3.8, 4) is 0 Å². The van der Waals surface area contributed by atoms with Crippen LogP contribution in [-0.4, -0.2) is 58.3 Å². The van der Waals surface area contributed by atoms with Crippen molar-refractivity contribution in [3.63, 3.8) is 0 Å². The normalized spacial score (nSPS) is 37.0. The van der Waals surface area contributed by atoms with Gasteiger partial charge in [-0.3, -0.25) is 9.59 Å². The lowest BCUT2D eigenvalue weighted by Gasteiger charge is -2.64. The van der Waals surface area contributed by atoms with Gasteiger partial charge in [0.25, 0.3) is 5.91 Å². The Hall–Kier alpha value is -1.99. The maximum absolute atomic E-state index is 13.7. The van der Waals surface area contributed by atoms with Crippen LogP contribution in [0.4, 0.5) is 4.39 Å². The summed E-state index contributed by atoms with van der Waals surface area (Å²) in [6.45, 7) is 0.815. The Morgan fingerprint density at radius 2 is 1.86 bits per heavy atom. The van der Waals surface area contributed by atoms with E-state index in [9.17, 15) is 19.1 Å². The molecule has 5 aliphatic rings. The van der Waals surface area contributed by atoms with Gasteiger partial charge >= 0.3 is 0 Å². The molecule has 7 heteroatoms. The number of hydrogen-bond donors (Lipinski definition) is 2. The van der Waals surface area contributed by atoms with Gasteiger partial charge in [0.05, 0.1) is 24.2 Å². The van der Waals surface area contributed by atoms with Crippen molar-refractivity contribution >= 4 is 11.8 Å². The fourth-order valence-corrected chi connectivity index (χ4v) is 4.94. The minimum atomic E-state index is -1.14. The summed E-state index contributed by atoms with van der Waals surface area (Å²) >= 11 is 0. The van der Waals surface area contributed by atoms with Crippen molar-refractivity contribution in [3.05, 3.63) is 35.9 Å². The molecule has 2 atom stereocenters. The molecule has 1 saturated heterocycles. The summed E-state index contributed by atoms with van der Waals surface area (Å²) in [7, 11) is 0. The molecule has 1 heterocycles. The van der Waals surface area contributed by atoms with Crippen LogP contribution < -0.4 is 5.32 Å². The second-order valence-corrected chi connectivity index (χ2v) is 9.09. The van der Waals surface area contributed by atoms with E-state index in [1.54, 1.807) is 4.90 Å². The molecule has 4 aliphatic carbocycles. The number of likely N-dealkylation sites (tertiary alicyclic amines) is 1. The molecule has 28 heavy (non-hydrogen) atoms. The lowest BCUT2D eigenvalue weighted by atomic mass is 9.42. The number of ether oxygens (including phenoxy) is 1. The van der Waals surface area contributed by atoms with E-state index in [-0.39, 0.29) is 44.2 Å². The average molecular weight is 388 g/mol. The van der Waals surface area contributed by atoms with Crippen molar-refractivity contribution in [1.29, 1.82) is 0 Å². The summed E-state index contributed by atoms with van der Waals surface area (Å²) in [6, 6.07) is 9.20. The van der Waals surface area contributed by atoms with E-state index in [0.717, 1.165) is 5.56 Å². The van der Waals surface area contributed by atoms with E-state index in [1.165, 1.54) is 0 Å². The van der Waals surface area contributed by atoms with Gasteiger partial charge in [-0.05, 0) is 37.7 Å². The summed E-state index contributed by atoms with van der Waals surface area (Å²) in [5.74, 6) is -0.306. The molecule has 4 saturated carbocycles. The average Bonchev–Trinajstić information content (AvgIpc) is 3.35. The summed E-state index contributed by atoms with van der Waals surface area (Å²) in [5, 5.41) is 13.2. The standard InChI is InChI=1S/C21H25FN2O4/c22-20-11-19(12-20,13-20)17(26)23-15-8-24(9-16(15)25)18(27)21(6-7-21)28-10-14-4-2-1-3-5-14/h1-5,15-16,25H,6-13H2,(H,23,26)/t15-,16-,19?,20?/m1/s1. The van der Waals surface area contributed by atoms with Gasteiger partial charge in [0, 0.05) is 13.1 Å². The van der Waals surface area contributed by atoms with E-state index in [1.807, 2.05) is 30.3 Å². The van der Waals surface area contributed by atoms with Crippen LogP contribution in [0, 0.1) is 5.41 Å². The van der Waals surface area contributed by atoms with Crippen LogP contribution in [0.5, 0.6) is 0 Å². The number of alkyl halides is 1. The zero-order valence-electron chi connectivity index (χ0n) is 15.7. The van der Waals surface area contributed by atoms with Crippen LogP contribution in [0.15, 0.2) is 30.3 Å². The predicted molar refractivity (Wildman–Crippen MR) is 97.8 cm³/mol. The fraction of sp³-hybridized carbons (Fsp3) is 0.619. The maximum Gasteiger partial charge on any atom is 0.255 e. The van der Waals surface area contributed by atoms with Gasteiger partial charge in [-0.15, -0.1) is 0 Å². The Balaban J connectivity index is 1.17. The Morgan fingerprint density at radius 1 is 1.18 bits per heavy atom. The van der Waals surface area contributed by atoms with Crippen molar-refractivity contribution in [1.82, 2.24) is 10.2 Å². The molecule has 0 spiro atoms. The van der Waals surface area contributed by atoms with Gasteiger partial charge < -0.3 is 20.1 Å². The van der Waals surface area contributed by atoms with Crippen LogP contribution in [0.25, 0.3) is 0 Å². The molecule has 6 rings (SSSR count). The molecule has 2 amide bonds. The molecular formula is C21H25FN2O4. The lowest BCUT2D eigenvalue weighted by molar-refractivity contribution is -0.214. The first-order valence-electron chi connectivity index (χ1n) is 9.99. The van der Waals surface area contributed by atoms with Crippen LogP contribution in [0.1, 0.15) is 37.7 Å². The lowest BCUT2D eigenvalue weighted by Crippen LogP contribution is -2.71. The number of carbonyl (C=O) groups excluding carboxylic acids is 2. The minimum Gasteiger partial charge on any atom is -0.389 e. The zero-order valence-corrected chi connectivity index (χ0v) is 15.7. The highest BCUT2D eigenvalue weighted by Gasteiger charge is 2.73. The molecule has 0 unspecified atom stereocenters. The van der Waals surface area contributed by atoms with Crippen LogP contribution in [-0.2, 0) is 20.9 Å². The molecule has 1 aliphatic heterocycles. The quantitative estimate of drug-likeness (QED) is 0.770. The Bertz CT molecular complexity index is 790. The number of halogens is 1. The van der Waals surface area contributed by atoms with E-state index in [4.69, 9.17) is 4.74 Å². The third-order valence-corrected chi connectivity index (χ3v) is 6.79. The molecule has 6 nitrogen and oxygen atoms in total. The van der Waals surface area contributed by atoms with Gasteiger partial charge in [-0.1, -0.05) is 30.3 Å². The smallest absolute Gasteiger partial charge is 0.255 e. The number of benzene rings is 1. The van der Waals surface area contributed by atoms with Crippen molar-refractivity contribution in [2.24, 2.45) is 5.41 Å². The number of β-amino-alcohol motifs (C(OH)–C–C–N with tert-alkyl or cyclic N) is 1. The van der Waals surface area contributed by atoms with Gasteiger partial charge in [0.2, 0.25) is 5.91 Å². The number of aliphatic hydroxyl groups excluding tert-OH is 1. The van der Waals surface area contributed by atoms with Gasteiger partial charge in [0.15, 0.2) is 0 Å². The van der Waals surface area contributed by atoms with Gasteiger partial charge in [-0.2, -0.15) is 0 Å². The molecule has 0 aromatic heterocycles. The maximum atomic E-state index is 13.7. The molecule has 1 aromatic carbocycles. The number of aliphatic hydroxyl groups is 1. The largest absolute Gasteiger partial charge is 0.389 e. The van der Waals surface area contributed by atoms with E-state index < -0.39 is 28.8 Å². The highest BCUT2D eigenvalue weighted by atomic mass is 19.1. The third kappa shape index (κ3) is 2.83. The first-order chi connectivity index (χ1) is 13.3.